The van der Waals surface area contributed by atoms with Crippen LogP contribution in [-0.4, -0.2) is 31.1 Å². The van der Waals surface area contributed by atoms with E-state index in [0.717, 1.165) is 10.5 Å². The summed E-state index contributed by atoms with van der Waals surface area (Å²) in [6.07, 6.45) is 5.10. The van der Waals surface area contributed by atoms with Crippen molar-refractivity contribution in [2.24, 2.45) is 5.10 Å². The van der Waals surface area contributed by atoms with Crippen molar-refractivity contribution in [1.29, 1.82) is 0 Å². The molecule has 0 aromatic heterocycles. The zero-order valence-corrected chi connectivity index (χ0v) is 18.6. The van der Waals surface area contributed by atoms with Crippen LogP contribution >= 0.6 is 11.8 Å². The fourth-order valence-corrected chi connectivity index (χ4v) is 3.44. The summed E-state index contributed by atoms with van der Waals surface area (Å²) in [5, 5.41) is 6.70. The summed E-state index contributed by atoms with van der Waals surface area (Å²) in [5.74, 6) is 0.233. The number of fused-ring (bicyclic) bond motifs is 1. The highest BCUT2D eigenvalue weighted by Crippen LogP contribution is 2.33. The molecule has 0 unspecified atom stereocenters. The quantitative estimate of drug-likeness (QED) is 0.241. The van der Waals surface area contributed by atoms with Gasteiger partial charge in [-0.05, 0) is 59.9 Å². The minimum atomic E-state index is -0.561. The molecule has 0 spiro atoms. The topological polar surface area (TPSA) is 89.0 Å². The van der Waals surface area contributed by atoms with Crippen LogP contribution in [0.15, 0.2) is 88.5 Å². The molecule has 33 heavy (non-hydrogen) atoms. The van der Waals surface area contributed by atoms with E-state index < -0.39 is 11.8 Å². The van der Waals surface area contributed by atoms with Crippen molar-refractivity contribution in [3.63, 3.8) is 0 Å². The maximum absolute atomic E-state index is 12.9. The van der Waals surface area contributed by atoms with Gasteiger partial charge in [0.05, 0.1) is 6.21 Å². The number of rotatable bonds is 7. The second-order valence-corrected chi connectivity index (χ2v) is 7.84. The number of hydrazone groups is 1. The van der Waals surface area contributed by atoms with E-state index in [-0.39, 0.29) is 12.5 Å². The van der Waals surface area contributed by atoms with Gasteiger partial charge in [0.2, 0.25) is 6.79 Å². The van der Waals surface area contributed by atoms with Gasteiger partial charge in [0, 0.05) is 10.5 Å². The number of hydrogen-bond donors (Lipinski definition) is 2. The Bertz CT molecular complexity index is 1210. The molecule has 3 aromatic rings. The molecule has 8 heteroatoms. The highest BCUT2D eigenvalue weighted by molar-refractivity contribution is 7.98. The Morgan fingerprint density at radius 3 is 2.42 bits per heavy atom. The van der Waals surface area contributed by atoms with Crippen LogP contribution in [-0.2, 0) is 4.79 Å². The van der Waals surface area contributed by atoms with Gasteiger partial charge in [-0.25, -0.2) is 5.43 Å². The first-order valence-electron chi connectivity index (χ1n) is 10.1. The first-order valence-corrected chi connectivity index (χ1v) is 11.3. The van der Waals surface area contributed by atoms with Gasteiger partial charge in [-0.1, -0.05) is 36.4 Å². The largest absolute Gasteiger partial charge is 0.454 e. The first-order chi connectivity index (χ1) is 16.1. The number of carbonyl (C=O) groups excluding carboxylic acids is 2. The van der Waals surface area contributed by atoms with Crippen LogP contribution in [0, 0.1) is 0 Å². The molecule has 1 heterocycles. The van der Waals surface area contributed by atoms with Gasteiger partial charge in [-0.3, -0.25) is 9.59 Å². The maximum Gasteiger partial charge on any atom is 0.287 e. The lowest BCUT2D eigenvalue weighted by molar-refractivity contribution is -0.117. The van der Waals surface area contributed by atoms with Crippen molar-refractivity contribution in [2.45, 2.75) is 4.90 Å². The number of hydrogen-bond acceptors (Lipinski definition) is 6. The number of carbonyl (C=O) groups is 2. The second kappa shape index (κ2) is 10.5. The maximum atomic E-state index is 12.9. The summed E-state index contributed by atoms with van der Waals surface area (Å²) in [7, 11) is 0. The summed E-state index contributed by atoms with van der Waals surface area (Å²) < 4.78 is 10.7. The van der Waals surface area contributed by atoms with E-state index in [1.165, 1.54) is 0 Å². The van der Waals surface area contributed by atoms with E-state index in [1.54, 1.807) is 66.5 Å². The Balaban J connectivity index is 1.53. The van der Waals surface area contributed by atoms with Crippen LogP contribution in [0.3, 0.4) is 0 Å². The van der Waals surface area contributed by atoms with Crippen LogP contribution in [0.1, 0.15) is 21.5 Å². The molecule has 3 aromatic carbocycles. The highest BCUT2D eigenvalue weighted by Gasteiger charge is 2.16. The molecule has 166 valence electrons. The first kappa shape index (κ1) is 22.2. The van der Waals surface area contributed by atoms with Gasteiger partial charge in [-0.15, -0.1) is 11.8 Å². The normalized spacial score (nSPS) is 12.6. The van der Waals surface area contributed by atoms with Crippen molar-refractivity contribution in [2.75, 3.05) is 13.0 Å². The zero-order chi connectivity index (χ0) is 23.0. The molecule has 0 aliphatic carbocycles. The zero-order valence-electron chi connectivity index (χ0n) is 17.8. The van der Waals surface area contributed by atoms with Crippen LogP contribution in [0.2, 0.25) is 0 Å². The summed E-state index contributed by atoms with van der Waals surface area (Å²) in [6.45, 7) is 0.146. The number of nitrogens with zero attached hydrogens (tertiary/aromatic N) is 1. The van der Waals surface area contributed by atoms with Gasteiger partial charge in [0.25, 0.3) is 11.8 Å². The molecule has 4 rings (SSSR count). The number of amides is 2. The van der Waals surface area contributed by atoms with Crippen molar-refractivity contribution in [3.8, 4) is 11.5 Å². The lowest BCUT2D eigenvalue weighted by Gasteiger charge is -2.09. The molecule has 0 saturated carbocycles. The molecule has 7 nitrogen and oxygen atoms in total. The molecule has 2 N–H and O–H groups in total. The molecule has 0 atom stereocenters. The van der Waals surface area contributed by atoms with E-state index in [4.69, 9.17) is 9.47 Å². The molecule has 1 aliphatic heterocycles. The number of nitrogens with one attached hydrogen (secondary N) is 2. The Morgan fingerprint density at radius 2 is 1.67 bits per heavy atom. The fraction of sp³-hybridized carbons (Fsp3) is 0.0800. The predicted octanol–water partition coefficient (Wildman–Crippen LogP) is 4.06. The van der Waals surface area contributed by atoms with Gasteiger partial charge >= 0.3 is 0 Å². The van der Waals surface area contributed by atoms with Crippen molar-refractivity contribution >= 4 is 35.9 Å². The minimum absolute atomic E-state index is 0.0394. The molecule has 0 fully saturated rings. The summed E-state index contributed by atoms with van der Waals surface area (Å²) >= 11 is 1.64. The lowest BCUT2D eigenvalue weighted by atomic mass is 10.1. The molecule has 0 radical (unpaired) electrons. The average molecular weight is 460 g/mol. The molecule has 0 saturated heterocycles. The molecule has 2 amide bonds. The third-order valence-corrected chi connectivity index (χ3v) is 5.48. The highest BCUT2D eigenvalue weighted by atomic mass is 32.2. The molecular formula is C25H21N3O4S. The van der Waals surface area contributed by atoms with Crippen LogP contribution < -0.4 is 20.2 Å². The smallest absolute Gasteiger partial charge is 0.287 e. The van der Waals surface area contributed by atoms with Gasteiger partial charge < -0.3 is 14.8 Å². The Labute approximate surface area is 195 Å². The second-order valence-electron chi connectivity index (χ2n) is 6.96. The number of ether oxygens (including phenoxy) is 2. The Morgan fingerprint density at radius 1 is 0.939 bits per heavy atom. The average Bonchev–Trinajstić information content (AvgIpc) is 3.32. The van der Waals surface area contributed by atoms with Crippen molar-refractivity contribution < 1.29 is 19.1 Å². The van der Waals surface area contributed by atoms with Gasteiger partial charge in [0.15, 0.2) is 11.5 Å². The van der Waals surface area contributed by atoms with Gasteiger partial charge in [0.1, 0.15) is 5.70 Å². The summed E-state index contributed by atoms with van der Waals surface area (Å²) in [4.78, 5) is 26.7. The SMILES string of the molecule is CSc1ccc(C=NNC(=O)C(=Cc2ccc3c(c2)OCO3)NC(=O)c2ccccc2)cc1. The lowest BCUT2D eigenvalue weighted by Crippen LogP contribution is -2.32. The van der Waals surface area contributed by atoms with Gasteiger partial charge in [-0.2, -0.15) is 5.10 Å². The van der Waals surface area contributed by atoms with E-state index >= 15 is 0 Å². The van der Waals surface area contributed by atoms with Crippen molar-refractivity contribution in [3.05, 3.63) is 95.2 Å². The Hall–Kier alpha value is -4.04. The standard InChI is InChI=1S/C25H21N3O4S/c1-33-20-10-7-17(8-11-20)15-26-28-25(30)21(27-24(29)19-5-3-2-4-6-19)13-18-9-12-22-23(14-18)32-16-31-22/h2-15H,16H2,1H3,(H,27,29)(H,28,30). The minimum Gasteiger partial charge on any atom is -0.454 e. The third kappa shape index (κ3) is 5.81. The van der Waals surface area contributed by atoms with Crippen LogP contribution in [0.4, 0.5) is 0 Å². The molecular weight excluding hydrogens is 438 g/mol. The monoisotopic (exact) mass is 459 g/mol. The Kier molecular flexibility index (Phi) is 7.06. The van der Waals surface area contributed by atoms with Crippen LogP contribution in [0.5, 0.6) is 11.5 Å². The van der Waals surface area contributed by atoms with E-state index in [9.17, 15) is 9.59 Å². The van der Waals surface area contributed by atoms with E-state index in [1.807, 2.05) is 36.6 Å². The van der Waals surface area contributed by atoms with Crippen molar-refractivity contribution in [1.82, 2.24) is 10.7 Å². The van der Waals surface area contributed by atoms with Crippen LogP contribution in [0.25, 0.3) is 6.08 Å². The van der Waals surface area contributed by atoms with E-state index in [0.29, 0.717) is 22.6 Å². The number of benzene rings is 3. The fourth-order valence-electron chi connectivity index (χ4n) is 3.03. The predicted molar refractivity (Wildman–Crippen MR) is 128 cm³/mol. The summed E-state index contributed by atoms with van der Waals surface area (Å²) in [6, 6.07) is 21.7. The molecule has 0 bridgehead atoms. The third-order valence-electron chi connectivity index (χ3n) is 4.73. The summed E-state index contributed by atoms with van der Waals surface area (Å²) in [5.41, 5.74) is 4.44. The molecule has 1 aliphatic rings. The van der Waals surface area contributed by atoms with E-state index in [2.05, 4.69) is 15.8 Å². The number of thioether (sulfide) groups is 1.